The molecule has 0 N–H and O–H groups in total. The number of hydrogen-bond donors (Lipinski definition) is 0. The normalized spacial score (nSPS) is 31.4. The van der Waals surface area contributed by atoms with E-state index in [4.69, 9.17) is 0 Å². The molecule has 2 unspecified atom stereocenters. The van der Waals surface area contributed by atoms with Crippen molar-refractivity contribution in [2.24, 2.45) is 17.8 Å². The van der Waals surface area contributed by atoms with Crippen molar-refractivity contribution in [3.05, 3.63) is 35.9 Å². The predicted octanol–water partition coefficient (Wildman–Crippen LogP) is 2.73. The minimum absolute atomic E-state index is 0.675. The van der Waals surface area contributed by atoms with Crippen LogP contribution in [-0.4, -0.2) is 24.3 Å². The van der Waals surface area contributed by atoms with Gasteiger partial charge in [0.2, 0.25) is 0 Å². The van der Waals surface area contributed by atoms with E-state index in [0.717, 1.165) is 31.1 Å². The topological polar surface area (TPSA) is 20.3 Å². The van der Waals surface area contributed by atoms with Crippen LogP contribution in [-0.2, 0) is 11.3 Å². The number of likely N-dealkylation sites (tertiary alicyclic amines) is 1. The van der Waals surface area contributed by atoms with E-state index in [1.807, 2.05) is 0 Å². The number of carbonyl (C=O) groups excluding carboxylic acids is 1. The third-order valence-corrected chi connectivity index (χ3v) is 4.72. The molecule has 2 fully saturated rings. The molecule has 2 aliphatic rings. The monoisotopic (exact) mass is 243 g/mol. The third kappa shape index (κ3) is 2.35. The molecule has 1 saturated carbocycles. The van der Waals surface area contributed by atoms with E-state index in [2.05, 4.69) is 35.2 Å². The molecule has 2 heteroatoms. The minimum Gasteiger partial charge on any atom is -0.303 e. The van der Waals surface area contributed by atoms with Crippen LogP contribution in [0.2, 0.25) is 0 Å². The fourth-order valence-corrected chi connectivity index (χ4v) is 3.90. The summed E-state index contributed by atoms with van der Waals surface area (Å²) in [6.45, 7) is 3.44. The molecule has 1 saturated heterocycles. The molecule has 2 atom stereocenters. The maximum Gasteiger partial charge on any atom is 0.120 e. The van der Waals surface area contributed by atoms with E-state index in [-0.39, 0.29) is 0 Å². The number of benzene rings is 1. The van der Waals surface area contributed by atoms with Gasteiger partial charge < -0.3 is 4.79 Å². The zero-order valence-corrected chi connectivity index (χ0v) is 10.8. The van der Waals surface area contributed by atoms with Crippen LogP contribution in [0.15, 0.2) is 30.3 Å². The highest BCUT2D eigenvalue weighted by atomic mass is 16.1. The molecule has 1 aliphatic heterocycles. The molecular formula is C16H21NO. The molecule has 2 nitrogen and oxygen atoms in total. The molecule has 1 aromatic carbocycles. The van der Waals surface area contributed by atoms with E-state index < -0.39 is 0 Å². The summed E-state index contributed by atoms with van der Waals surface area (Å²) in [5.74, 6) is 2.20. The van der Waals surface area contributed by atoms with Crippen LogP contribution in [0.5, 0.6) is 0 Å². The minimum atomic E-state index is 0.675. The van der Waals surface area contributed by atoms with E-state index in [9.17, 15) is 4.79 Å². The van der Waals surface area contributed by atoms with Crippen LogP contribution in [0, 0.1) is 17.8 Å². The first-order chi connectivity index (χ1) is 8.86. The Labute approximate surface area is 109 Å². The number of piperidine rings is 1. The summed E-state index contributed by atoms with van der Waals surface area (Å²) in [7, 11) is 0. The second-order valence-electron chi connectivity index (χ2n) is 5.84. The molecule has 0 amide bonds. The first-order valence-electron chi connectivity index (χ1n) is 7.06. The lowest BCUT2D eigenvalue weighted by atomic mass is 9.83. The standard InChI is InChI=1S/C16H21NO/c18-9-8-16-14-6-7-15(16)12-17(11-14)10-13-4-2-1-3-5-13/h1-5,9,14-16H,6-8,10-12H2. The van der Waals surface area contributed by atoms with E-state index in [0.29, 0.717) is 5.92 Å². The van der Waals surface area contributed by atoms with Crippen molar-refractivity contribution in [2.45, 2.75) is 25.8 Å². The Bertz CT molecular complexity index is 389. The van der Waals surface area contributed by atoms with Crippen LogP contribution in [0.1, 0.15) is 24.8 Å². The number of nitrogens with zero attached hydrogens (tertiary/aromatic N) is 1. The van der Waals surface area contributed by atoms with E-state index in [1.54, 1.807) is 0 Å². The summed E-state index contributed by atoms with van der Waals surface area (Å²) in [6, 6.07) is 10.7. The molecule has 1 aromatic rings. The van der Waals surface area contributed by atoms with Crippen LogP contribution < -0.4 is 0 Å². The molecule has 1 aliphatic carbocycles. The largest absolute Gasteiger partial charge is 0.303 e. The molecular weight excluding hydrogens is 222 g/mol. The van der Waals surface area contributed by atoms with E-state index >= 15 is 0 Å². The average molecular weight is 243 g/mol. The van der Waals surface area contributed by atoms with Gasteiger partial charge in [-0.05, 0) is 36.2 Å². The van der Waals surface area contributed by atoms with Crippen LogP contribution >= 0.6 is 0 Å². The molecule has 1 heterocycles. The summed E-state index contributed by atoms with van der Waals surface area (Å²) in [4.78, 5) is 13.3. The number of hydrogen-bond acceptors (Lipinski definition) is 2. The predicted molar refractivity (Wildman–Crippen MR) is 72.1 cm³/mol. The Kier molecular flexibility index (Phi) is 3.46. The average Bonchev–Trinajstić information content (AvgIpc) is 2.63. The highest BCUT2D eigenvalue weighted by Crippen LogP contribution is 2.43. The van der Waals surface area contributed by atoms with Gasteiger partial charge in [0, 0.05) is 26.1 Å². The van der Waals surface area contributed by atoms with Gasteiger partial charge in [0.15, 0.2) is 0 Å². The lowest BCUT2D eigenvalue weighted by Gasteiger charge is -2.37. The van der Waals surface area contributed by atoms with Crippen LogP contribution in [0.3, 0.4) is 0 Å². The Morgan fingerprint density at radius 2 is 1.78 bits per heavy atom. The maximum absolute atomic E-state index is 10.8. The van der Waals surface area contributed by atoms with Crippen molar-refractivity contribution >= 4 is 6.29 Å². The Balaban J connectivity index is 1.63. The number of fused-ring (bicyclic) bond motifs is 2. The number of aldehydes is 1. The van der Waals surface area contributed by atoms with Gasteiger partial charge >= 0.3 is 0 Å². The van der Waals surface area contributed by atoms with Crippen molar-refractivity contribution in [3.8, 4) is 0 Å². The summed E-state index contributed by atoms with van der Waals surface area (Å²) < 4.78 is 0. The van der Waals surface area contributed by atoms with Gasteiger partial charge in [-0.1, -0.05) is 30.3 Å². The number of carbonyl (C=O) groups is 1. The quantitative estimate of drug-likeness (QED) is 0.758. The van der Waals surface area contributed by atoms with Gasteiger partial charge in [0.05, 0.1) is 0 Å². The molecule has 0 aromatic heterocycles. The Hall–Kier alpha value is -1.15. The van der Waals surface area contributed by atoms with Gasteiger partial charge in [-0.25, -0.2) is 0 Å². The Morgan fingerprint density at radius 1 is 1.11 bits per heavy atom. The van der Waals surface area contributed by atoms with Gasteiger partial charge in [-0.3, -0.25) is 4.90 Å². The van der Waals surface area contributed by atoms with Crippen molar-refractivity contribution in [3.63, 3.8) is 0 Å². The third-order valence-electron chi connectivity index (χ3n) is 4.72. The summed E-state index contributed by atoms with van der Waals surface area (Å²) in [5, 5.41) is 0. The summed E-state index contributed by atoms with van der Waals surface area (Å²) >= 11 is 0. The van der Waals surface area contributed by atoms with Gasteiger partial charge in [-0.15, -0.1) is 0 Å². The Morgan fingerprint density at radius 3 is 2.39 bits per heavy atom. The van der Waals surface area contributed by atoms with Crippen LogP contribution in [0.25, 0.3) is 0 Å². The fraction of sp³-hybridized carbons (Fsp3) is 0.562. The summed E-state index contributed by atoms with van der Waals surface area (Å²) in [6.07, 6.45) is 4.57. The lowest BCUT2D eigenvalue weighted by molar-refractivity contribution is -0.109. The zero-order valence-electron chi connectivity index (χ0n) is 10.8. The second kappa shape index (κ2) is 5.23. The van der Waals surface area contributed by atoms with Crippen molar-refractivity contribution in [2.75, 3.05) is 13.1 Å². The van der Waals surface area contributed by atoms with E-state index in [1.165, 1.54) is 31.5 Å². The molecule has 18 heavy (non-hydrogen) atoms. The molecule has 96 valence electrons. The van der Waals surface area contributed by atoms with Gasteiger partial charge in [0.1, 0.15) is 6.29 Å². The maximum atomic E-state index is 10.8. The number of rotatable bonds is 4. The first kappa shape index (κ1) is 11.9. The molecule has 0 spiro atoms. The van der Waals surface area contributed by atoms with Crippen LogP contribution in [0.4, 0.5) is 0 Å². The molecule has 3 rings (SSSR count). The highest BCUT2D eigenvalue weighted by Gasteiger charge is 2.41. The summed E-state index contributed by atoms with van der Waals surface area (Å²) in [5.41, 5.74) is 1.41. The second-order valence-corrected chi connectivity index (χ2v) is 5.84. The molecule has 2 bridgehead atoms. The van der Waals surface area contributed by atoms with Crippen molar-refractivity contribution < 1.29 is 4.79 Å². The first-order valence-corrected chi connectivity index (χ1v) is 7.06. The SMILES string of the molecule is O=CCC1C2CCC1CN(Cc1ccccc1)C2. The molecule has 0 radical (unpaired) electrons. The van der Waals surface area contributed by atoms with Crippen molar-refractivity contribution in [1.29, 1.82) is 0 Å². The zero-order chi connectivity index (χ0) is 12.4. The smallest absolute Gasteiger partial charge is 0.120 e. The van der Waals surface area contributed by atoms with Gasteiger partial charge in [-0.2, -0.15) is 0 Å². The van der Waals surface area contributed by atoms with Gasteiger partial charge in [0.25, 0.3) is 0 Å². The van der Waals surface area contributed by atoms with Crippen molar-refractivity contribution in [1.82, 2.24) is 4.90 Å². The highest BCUT2D eigenvalue weighted by molar-refractivity contribution is 5.50. The fourth-order valence-electron chi connectivity index (χ4n) is 3.90. The lowest BCUT2D eigenvalue weighted by Crippen LogP contribution is -2.41.